The van der Waals surface area contributed by atoms with Gasteiger partial charge >= 0.3 is 12.4 Å². The van der Waals surface area contributed by atoms with Crippen LogP contribution >= 0.6 is 23.8 Å². The Balaban J connectivity index is 0.000000386. The summed E-state index contributed by atoms with van der Waals surface area (Å²) in [4.78, 5) is 22.8. The van der Waals surface area contributed by atoms with Gasteiger partial charge in [-0.15, -0.1) is 0 Å². The van der Waals surface area contributed by atoms with Crippen LogP contribution in [-0.2, 0) is 18.8 Å². The van der Waals surface area contributed by atoms with Crippen molar-refractivity contribution in [3.05, 3.63) is 112 Å². The minimum absolute atomic E-state index is 0. The van der Waals surface area contributed by atoms with Gasteiger partial charge in [0.25, 0.3) is 5.24 Å². The number of aryl methyl sites for hydroxylation is 2. The maximum atomic E-state index is 13.1. The summed E-state index contributed by atoms with van der Waals surface area (Å²) in [7, 11) is 0. The lowest BCUT2D eigenvalue weighted by Crippen LogP contribution is -2.14. The number of ketones is 1. The zero-order chi connectivity index (χ0) is 33.4. The van der Waals surface area contributed by atoms with Crippen molar-refractivity contribution in [3.8, 4) is 0 Å². The zero-order valence-corrected chi connectivity index (χ0v) is 24.3. The van der Waals surface area contributed by atoms with Crippen LogP contribution in [0.25, 0.3) is 0 Å². The van der Waals surface area contributed by atoms with Crippen molar-refractivity contribution in [2.45, 2.75) is 46.5 Å². The van der Waals surface area contributed by atoms with Crippen LogP contribution in [0.2, 0.25) is 0 Å². The summed E-state index contributed by atoms with van der Waals surface area (Å²) < 4.78 is 109. The van der Waals surface area contributed by atoms with Gasteiger partial charge in [0.2, 0.25) is 11.5 Å². The molecule has 0 saturated carbocycles. The van der Waals surface area contributed by atoms with Gasteiger partial charge in [-0.05, 0) is 73.5 Å². The number of alkyl halides is 6. The van der Waals surface area contributed by atoms with Gasteiger partial charge in [0.1, 0.15) is 23.2 Å². The number of Topliss-reactive ketones (excluding diaryl/α,β-unsaturated/α-hetero) is 1. The van der Waals surface area contributed by atoms with Crippen molar-refractivity contribution in [2.75, 3.05) is 5.73 Å². The Morgan fingerprint density at radius 1 is 0.800 bits per heavy atom. The summed E-state index contributed by atoms with van der Waals surface area (Å²) in [5, 5.41) is -1.18. The minimum Gasteiger partial charge on any atom is -0.456 e. The van der Waals surface area contributed by atoms with E-state index in [1.54, 1.807) is 18.2 Å². The number of halogens is 9. The lowest BCUT2D eigenvalue weighted by Gasteiger charge is -2.07. The molecule has 0 unspecified atom stereocenters. The van der Waals surface area contributed by atoms with Gasteiger partial charge in [0, 0.05) is 23.4 Å². The molecule has 0 aliphatic carbocycles. The van der Waals surface area contributed by atoms with Crippen molar-refractivity contribution in [1.29, 1.82) is 0 Å². The predicted octanol–water partition coefficient (Wildman–Crippen LogP) is 9.96. The molecule has 15 heteroatoms. The van der Waals surface area contributed by atoms with Crippen LogP contribution in [0.3, 0.4) is 0 Å². The van der Waals surface area contributed by atoms with Crippen LogP contribution < -0.4 is 5.73 Å². The molecule has 0 fully saturated rings. The highest BCUT2D eigenvalue weighted by Crippen LogP contribution is 2.35. The Morgan fingerprint density at radius 3 is 1.67 bits per heavy atom. The molecule has 2 heterocycles. The van der Waals surface area contributed by atoms with E-state index in [1.165, 1.54) is 44.2 Å². The summed E-state index contributed by atoms with van der Waals surface area (Å²) in [6.07, 6.45) is -9.64. The van der Waals surface area contributed by atoms with Crippen molar-refractivity contribution in [1.82, 2.24) is 0 Å². The first-order valence-corrected chi connectivity index (χ1v) is 12.9. The zero-order valence-electron chi connectivity index (χ0n) is 22.7. The number of rotatable bonds is 6. The average Bonchev–Trinajstić information content (AvgIpc) is 3.48. The number of hydrogen-bond donors (Lipinski definition) is 1. The molecule has 0 amide bonds. The quantitative estimate of drug-likeness (QED) is 0.0716. The Morgan fingerprint density at radius 2 is 1.27 bits per heavy atom. The molecule has 0 radical (unpaired) electrons. The number of furan rings is 2. The third-order valence-corrected chi connectivity index (χ3v) is 5.73. The predicted molar refractivity (Wildman–Crippen MR) is 156 cm³/mol. The highest BCUT2D eigenvalue weighted by atomic mass is 35.5. The summed E-state index contributed by atoms with van der Waals surface area (Å²) >= 11 is 9.97. The molecule has 2 aromatic heterocycles. The number of hydrogen-bond acceptors (Lipinski definition) is 6. The number of thiocarbonyl (C=S) groups is 1. The number of carbonyl (C=O) groups is 2. The number of nitrogens with two attached hydrogens (primary N) is 1. The largest absolute Gasteiger partial charge is 0.456 e. The molecule has 5 nitrogen and oxygen atoms in total. The number of benzene rings is 2. The van der Waals surface area contributed by atoms with Crippen LogP contribution in [0.4, 0.5) is 40.8 Å². The molecular formula is C30H26ClF8NO4S. The number of anilines is 1. The van der Waals surface area contributed by atoms with E-state index in [2.05, 4.69) is 8.83 Å². The third kappa shape index (κ3) is 12.5. The van der Waals surface area contributed by atoms with Crippen molar-refractivity contribution in [3.63, 3.8) is 0 Å². The molecular weight excluding hydrogens is 658 g/mol. The Labute approximate surface area is 263 Å². The fourth-order valence-corrected chi connectivity index (χ4v) is 3.96. The lowest BCUT2D eigenvalue weighted by atomic mass is 10.0. The summed E-state index contributed by atoms with van der Waals surface area (Å²) in [5.41, 5.74) is 5.06. The Hall–Kier alpha value is -4.04. The maximum absolute atomic E-state index is 13.1. The molecule has 0 aliphatic rings. The molecule has 2 aromatic carbocycles. The smallest absolute Gasteiger partial charge is 0.450 e. The number of carbonyl (C=O) groups excluding carboxylic acids is 2. The molecule has 0 atom stereocenters. The van der Waals surface area contributed by atoms with E-state index < -0.39 is 51.8 Å². The van der Waals surface area contributed by atoms with Crippen molar-refractivity contribution >= 4 is 45.4 Å². The fourth-order valence-electron chi connectivity index (χ4n) is 3.52. The van der Waals surface area contributed by atoms with E-state index in [9.17, 15) is 44.7 Å². The lowest BCUT2D eigenvalue weighted by molar-refractivity contribution is -0.154. The first-order valence-electron chi connectivity index (χ1n) is 12.1. The molecule has 4 rings (SSSR count). The van der Waals surface area contributed by atoms with E-state index >= 15 is 0 Å². The van der Waals surface area contributed by atoms with E-state index in [4.69, 9.17) is 29.6 Å². The van der Waals surface area contributed by atoms with E-state index in [-0.39, 0.29) is 42.5 Å². The Kier molecular flexibility index (Phi) is 14.1. The SMILES string of the molecule is C.Cc1cc(C(=O)CC(=S)Cc2cccc(F)c2)c(C(F)(F)F)o1.Cc1cc(C(=O)Cl)c(C(F)(F)F)o1.Nc1cccc(F)c1. The second-order valence-corrected chi connectivity index (χ2v) is 9.89. The topological polar surface area (TPSA) is 86.4 Å². The summed E-state index contributed by atoms with van der Waals surface area (Å²) in [6, 6.07) is 13.5. The first kappa shape index (κ1) is 39.0. The van der Waals surface area contributed by atoms with Gasteiger partial charge in [-0.25, -0.2) is 8.78 Å². The van der Waals surface area contributed by atoms with E-state index in [1.807, 2.05) is 0 Å². The molecule has 0 spiro atoms. The monoisotopic (exact) mass is 683 g/mol. The van der Waals surface area contributed by atoms with Gasteiger partial charge in [0.05, 0.1) is 11.1 Å². The van der Waals surface area contributed by atoms with E-state index in [0.29, 0.717) is 11.3 Å². The standard InChI is InChI=1S/C16H12F4O2S.C7H4ClF3O2.C6H6FN.CH4/c1-9-5-13(15(22-9)16(18,19)20)14(21)8-12(23)7-10-3-2-4-11(17)6-10;1-3-2-4(6(8)12)5(13-3)7(9,10)11;7-5-2-1-3-6(8)4-5;/h2-6H,7-8H2,1H3;2H,1H3;1-4H,8H2;1H4. The van der Waals surface area contributed by atoms with Crippen LogP contribution in [-0.4, -0.2) is 15.9 Å². The molecule has 2 N–H and O–H groups in total. The number of nitrogen functional groups attached to an aromatic ring is 1. The molecule has 244 valence electrons. The second-order valence-electron chi connectivity index (χ2n) is 8.97. The maximum Gasteiger partial charge on any atom is 0.450 e. The fraction of sp³-hybridized carbons (Fsp3) is 0.233. The van der Waals surface area contributed by atoms with Crippen molar-refractivity contribution < 1.29 is 53.5 Å². The molecule has 0 bridgehead atoms. The first-order chi connectivity index (χ1) is 20.3. The normalized spacial score (nSPS) is 10.9. The Bertz CT molecular complexity index is 1610. The third-order valence-electron chi connectivity index (χ3n) is 5.23. The second kappa shape index (κ2) is 16.3. The summed E-state index contributed by atoms with van der Waals surface area (Å²) in [6.45, 7) is 2.63. The highest BCUT2D eigenvalue weighted by Gasteiger charge is 2.40. The minimum atomic E-state index is -4.75. The van der Waals surface area contributed by atoms with Gasteiger partial charge in [0.15, 0.2) is 5.78 Å². The van der Waals surface area contributed by atoms with Crippen molar-refractivity contribution in [2.24, 2.45) is 0 Å². The van der Waals surface area contributed by atoms with Gasteiger partial charge in [-0.1, -0.05) is 37.8 Å². The van der Waals surface area contributed by atoms with Crippen LogP contribution in [0.5, 0.6) is 0 Å². The highest BCUT2D eigenvalue weighted by molar-refractivity contribution is 7.80. The van der Waals surface area contributed by atoms with Crippen LogP contribution in [0, 0.1) is 25.5 Å². The molecule has 0 saturated heterocycles. The van der Waals surface area contributed by atoms with Gasteiger partial charge in [-0.2, -0.15) is 26.3 Å². The van der Waals surface area contributed by atoms with Crippen LogP contribution in [0.1, 0.15) is 63.2 Å². The van der Waals surface area contributed by atoms with Crippen LogP contribution in [0.15, 0.2) is 69.5 Å². The van der Waals surface area contributed by atoms with Gasteiger partial charge < -0.3 is 14.6 Å². The van der Waals surface area contributed by atoms with Gasteiger partial charge in [-0.3, -0.25) is 9.59 Å². The molecule has 45 heavy (non-hydrogen) atoms. The summed E-state index contributed by atoms with van der Waals surface area (Å²) in [5.74, 6) is -4.16. The van der Waals surface area contributed by atoms with E-state index in [0.717, 1.165) is 12.1 Å². The molecule has 0 aliphatic heterocycles. The molecule has 4 aromatic rings. The average molecular weight is 684 g/mol.